The number of para-hydroxylation sites is 2. The van der Waals surface area contributed by atoms with Gasteiger partial charge < -0.3 is 25.4 Å². The minimum atomic E-state index is -1.16. The Bertz CT molecular complexity index is 1200. The van der Waals surface area contributed by atoms with Crippen molar-refractivity contribution in [1.82, 2.24) is 10.2 Å². The molecule has 3 amide bonds. The van der Waals surface area contributed by atoms with Gasteiger partial charge in [0, 0.05) is 11.6 Å². The number of aromatic hydroxyl groups is 1. The number of rotatable bonds is 9. The van der Waals surface area contributed by atoms with Crippen LogP contribution >= 0.6 is 11.6 Å². The summed E-state index contributed by atoms with van der Waals surface area (Å²) in [6.45, 7) is 12.6. The number of alkyl carbamates (subject to hydrolysis) is 1. The van der Waals surface area contributed by atoms with Crippen molar-refractivity contribution in [2.75, 3.05) is 5.32 Å². The molecule has 1 fully saturated rings. The Morgan fingerprint density at radius 3 is 2.28 bits per heavy atom. The number of halogens is 1. The van der Waals surface area contributed by atoms with Crippen LogP contribution in [0.5, 0.6) is 5.75 Å². The second kappa shape index (κ2) is 12.3. The van der Waals surface area contributed by atoms with Crippen LogP contribution in [0, 0.1) is 19.8 Å². The van der Waals surface area contributed by atoms with Gasteiger partial charge in [0.05, 0.1) is 10.7 Å². The molecule has 3 rings (SSSR count). The molecule has 3 atom stereocenters. The van der Waals surface area contributed by atoms with E-state index >= 15 is 0 Å². The number of hydrogen-bond acceptors (Lipinski definition) is 5. The molecule has 1 aliphatic carbocycles. The lowest BCUT2D eigenvalue weighted by Gasteiger charge is -2.36. The molecule has 0 aromatic heterocycles. The van der Waals surface area contributed by atoms with E-state index < -0.39 is 35.6 Å². The fourth-order valence-electron chi connectivity index (χ4n) is 4.45. The number of nitrogens with one attached hydrogen (secondary N) is 2. The minimum Gasteiger partial charge on any atom is -0.507 e. The zero-order valence-corrected chi connectivity index (χ0v) is 24.6. The first-order chi connectivity index (χ1) is 18.2. The summed E-state index contributed by atoms with van der Waals surface area (Å²) in [4.78, 5) is 42.6. The maximum atomic E-state index is 14.3. The normalized spacial score (nSPS) is 15.6. The van der Waals surface area contributed by atoms with Crippen molar-refractivity contribution in [2.45, 2.75) is 91.5 Å². The van der Waals surface area contributed by atoms with E-state index in [2.05, 4.69) is 10.6 Å². The third-order valence-electron chi connectivity index (χ3n) is 6.91. The van der Waals surface area contributed by atoms with Crippen molar-refractivity contribution in [1.29, 1.82) is 0 Å². The van der Waals surface area contributed by atoms with Crippen molar-refractivity contribution in [3.63, 3.8) is 0 Å². The Morgan fingerprint density at radius 1 is 1.10 bits per heavy atom. The number of phenolic OH excluding ortho intramolecular Hbond substituents is 1. The predicted octanol–water partition coefficient (Wildman–Crippen LogP) is 6.27. The molecule has 0 saturated heterocycles. The second-order valence-corrected chi connectivity index (χ2v) is 11.7. The molecule has 39 heavy (non-hydrogen) atoms. The van der Waals surface area contributed by atoms with Crippen molar-refractivity contribution in [2.24, 2.45) is 5.92 Å². The smallest absolute Gasteiger partial charge is 0.408 e. The van der Waals surface area contributed by atoms with E-state index in [1.54, 1.807) is 58.0 Å². The number of amides is 3. The lowest BCUT2D eigenvalue weighted by Crippen LogP contribution is -2.55. The maximum absolute atomic E-state index is 14.3. The summed E-state index contributed by atoms with van der Waals surface area (Å²) >= 11 is 6.41. The van der Waals surface area contributed by atoms with E-state index in [4.69, 9.17) is 16.3 Å². The van der Waals surface area contributed by atoms with Crippen LogP contribution in [0.25, 0.3) is 0 Å². The number of nitrogens with zero attached hydrogens (tertiary/aromatic N) is 1. The van der Waals surface area contributed by atoms with Crippen molar-refractivity contribution in [3.8, 4) is 5.75 Å². The molecule has 0 radical (unpaired) electrons. The van der Waals surface area contributed by atoms with Gasteiger partial charge >= 0.3 is 6.09 Å². The van der Waals surface area contributed by atoms with E-state index in [9.17, 15) is 19.5 Å². The van der Waals surface area contributed by atoms with Crippen LogP contribution in [0.2, 0.25) is 5.02 Å². The number of benzene rings is 2. The molecule has 0 bridgehead atoms. The summed E-state index contributed by atoms with van der Waals surface area (Å²) in [6, 6.07) is 8.10. The molecular formula is C30H40ClN3O5. The summed E-state index contributed by atoms with van der Waals surface area (Å²) in [5.41, 5.74) is 1.34. The van der Waals surface area contributed by atoms with Crippen molar-refractivity contribution in [3.05, 3.63) is 58.1 Å². The Hall–Kier alpha value is -3.26. The molecule has 1 saturated carbocycles. The van der Waals surface area contributed by atoms with Gasteiger partial charge in [0.25, 0.3) is 5.91 Å². The molecule has 2 aromatic rings. The lowest BCUT2D eigenvalue weighted by molar-refractivity contribution is -0.142. The Kier molecular flexibility index (Phi) is 9.54. The average molecular weight is 558 g/mol. The van der Waals surface area contributed by atoms with Gasteiger partial charge in [-0.1, -0.05) is 62.2 Å². The SMILES string of the molecule is CCC(C)C(NC(=O)OC(C)(C)C)C(=O)N(C1CC1)C(C(=O)Nc1c(C)cccc1Cl)c1cccc(C)c1O. The van der Waals surface area contributed by atoms with Gasteiger partial charge in [0.1, 0.15) is 23.4 Å². The Balaban J connectivity index is 2.08. The van der Waals surface area contributed by atoms with Crippen LogP contribution in [0.1, 0.15) is 76.6 Å². The molecule has 0 aliphatic heterocycles. The van der Waals surface area contributed by atoms with Crippen LogP contribution in [0.15, 0.2) is 36.4 Å². The minimum absolute atomic E-state index is 0.0628. The van der Waals surface area contributed by atoms with Gasteiger partial charge in [-0.2, -0.15) is 0 Å². The van der Waals surface area contributed by atoms with E-state index in [1.807, 2.05) is 26.8 Å². The number of anilines is 1. The first kappa shape index (κ1) is 30.3. The molecule has 212 valence electrons. The highest BCUT2D eigenvalue weighted by Crippen LogP contribution is 2.40. The number of ether oxygens (including phenoxy) is 1. The fraction of sp³-hybridized carbons (Fsp3) is 0.500. The number of carbonyl (C=O) groups is 3. The fourth-order valence-corrected chi connectivity index (χ4v) is 4.72. The van der Waals surface area contributed by atoms with Crippen LogP contribution in [0.3, 0.4) is 0 Å². The Labute approximate surface area is 236 Å². The van der Waals surface area contributed by atoms with Crippen molar-refractivity contribution < 1.29 is 24.2 Å². The van der Waals surface area contributed by atoms with Gasteiger partial charge in [-0.15, -0.1) is 0 Å². The molecule has 9 heteroatoms. The standard InChI is InChI=1S/C30H40ClN3O5/c1-8-17(2)24(33-29(38)39-30(5,6)7)28(37)34(20-15-16-20)25(21-13-9-12-19(4)26(21)35)27(36)32-23-18(3)11-10-14-22(23)31/h9-14,17,20,24-25,35H,8,15-16H2,1-7H3,(H,32,36)(H,33,38). The van der Waals surface area contributed by atoms with E-state index in [1.165, 1.54) is 4.90 Å². The van der Waals surface area contributed by atoms with Gasteiger partial charge in [0.15, 0.2) is 0 Å². The highest BCUT2D eigenvalue weighted by molar-refractivity contribution is 6.34. The topological polar surface area (TPSA) is 108 Å². The van der Waals surface area contributed by atoms with Crippen LogP contribution in [-0.2, 0) is 14.3 Å². The molecule has 3 unspecified atom stereocenters. The quantitative estimate of drug-likeness (QED) is 0.336. The summed E-state index contributed by atoms with van der Waals surface area (Å²) in [7, 11) is 0. The summed E-state index contributed by atoms with van der Waals surface area (Å²) in [5.74, 6) is -1.22. The highest BCUT2D eigenvalue weighted by atomic mass is 35.5. The van der Waals surface area contributed by atoms with E-state index in [0.29, 0.717) is 41.1 Å². The number of aryl methyl sites for hydroxylation is 2. The molecule has 0 spiro atoms. The van der Waals surface area contributed by atoms with Crippen molar-refractivity contribution >= 4 is 35.2 Å². The summed E-state index contributed by atoms with van der Waals surface area (Å²) in [6.07, 6.45) is 1.30. The first-order valence-electron chi connectivity index (χ1n) is 13.4. The third kappa shape index (κ3) is 7.44. The summed E-state index contributed by atoms with van der Waals surface area (Å²) in [5, 5.41) is 17.1. The highest BCUT2D eigenvalue weighted by Gasteiger charge is 2.46. The molecule has 1 aliphatic rings. The third-order valence-corrected chi connectivity index (χ3v) is 7.22. The molecule has 8 nitrogen and oxygen atoms in total. The van der Waals surface area contributed by atoms with Gasteiger partial charge in [-0.05, 0) is 70.6 Å². The molecule has 0 heterocycles. The van der Waals surface area contributed by atoms with Gasteiger partial charge in [-0.3, -0.25) is 9.59 Å². The zero-order valence-electron chi connectivity index (χ0n) is 23.8. The molecule has 2 aromatic carbocycles. The van der Waals surface area contributed by atoms with Crippen LogP contribution in [0.4, 0.5) is 10.5 Å². The van der Waals surface area contributed by atoms with E-state index in [-0.39, 0.29) is 17.7 Å². The summed E-state index contributed by atoms with van der Waals surface area (Å²) < 4.78 is 5.45. The second-order valence-electron chi connectivity index (χ2n) is 11.3. The van der Waals surface area contributed by atoms with Crippen LogP contribution in [-0.4, -0.2) is 45.6 Å². The predicted molar refractivity (Wildman–Crippen MR) is 153 cm³/mol. The number of carbonyl (C=O) groups excluding carboxylic acids is 3. The van der Waals surface area contributed by atoms with Crippen LogP contribution < -0.4 is 10.6 Å². The van der Waals surface area contributed by atoms with Gasteiger partial charge in [0.2, 0.25) is 5.91 Å². The number of phenols is 1. The zero-order chi connectivity index (χ0) is 29.1. The van der Waals surface area contributed by atoms with Gasteiger partial charge in [-0.25, -0.2) is 4.79 Å². The largest absolute Gasteiger partial charge is 0.507 e. The monoisotopic (exact) mass is 557 g/mol. The van der Waals surface area contributed by atoms with E-state index in [0.717, 1.165) is 5.56 Å². The molecular weight excluding hydrogens is 518 g/mol. The molecule has 3 N–H and O–H groups in total. The Morgan fingerprint density at radius 2 is 1.72 bits per heavy atom. The first-order valence-corrected chi connectivity index (χ1v) is 13.8. The average Bonchev–Trinajstić information content (AvgIpc) is 3.68. The maximum Gasteiger partial charge on any atom is 0.408 e. The number of hydrogen-bond donors (Lipinski definition) is 3. The lowest BCUT2D eigenvalue weighted by atomic mass is 9.94.